The summed E-state index contributed by atoms with van der Waals surface area (Å²) in [5, 5.41) is 4.92. The molecule has 5 N–H and O–H groups in total. The van der Waals surface area contributed by atoms with Crippen LogP contribution in [0.4, 0.5) is 0 Å². The van der Waals surface area contributed by atoms with Crippen LogP contribution in [0.2, 0.25) is 0 Å². The molecule has 0 aliphatic rings. The molecule has 8 nitrogen and oxygen atoms in total. The second-order valence-electron chi connectivity index (χ2n) is 8.66. The number of methoxy groups -OCH3 is 2. The summed E-state index contributed by atoms with van der Waals surface area (Å²) in [4.78, 5) is 4.67. The maximum Gasteiger partial charge on any atom is 0.133 e. The molecule has 0 spiro atoms. The molecule has 0 heterocycles. The maximum absolute atomic E-state index is 6.14. The van der Waals surface area contributed by atoms with E-state index in [0.29, 0.717) is 18.8 Å². The highest BCUT2D eigenvalue weighted by Gasteiger charge is 2.05. The Labute approximate surface area is 243 Å². The third kappa shape index (κ3) is 11.5. The molecule has 0 aliphatic heterocycles. The van der Waals surface area contributed by atoms with E-state index in [1.165, 1.54) is 5.56 Å². The summed E-state index contributed by atoms with van der Waals surface area (Å²) < 4.78 is 18.3. The molecule has 0 fully saturated rings. The molecule has 0 radical (unpaired) electrons. The van der Waals surface area contributed by atoms with Crippen LogP contribution in [0.1, 0.15) is 31.4 Å². The summed E-state index contributed by atoms with van der Waals surface area (Å²) in [6.45, 7) is 6.03. The van der Waals surface area contributed by atoms with Crippen molar-refractivity contribution in [2.24, 2.45) is 16.6 Å². The first-order valence-electron chi connectivity index (χ1n) is 12.4. The molecule has 2 aromatic carbocycles. The normalized spacial score (nSPS) is 12.4. The van der Waals surface area contributed by atoms with Gasteiger partial charge in [-0.25, -0.2) is 5.84 Å². The van der Waals surface area contributed by atoms with Gasteiger partial charge in [-0.1, -0.05) is 19.1 Å². The second-order valence-corrected chi connectivity index (χ2v) is 10.4. The molecule has 0 saturated heterocycles. The van der Waals surface area contributed by atoms with E-state index in [0.717, 1.165) is 63.2 Å². The van der Waals surface area contributed by atoms with Crippen LogP contribution in [0.5, 0.6) is 11.5 Å². The third-order valence-electron chi connectivity index (χ3n) is 5.61. The number of hydrogen-bond acceptors (Lipinski definition) is 8. The number of hydrogen-bond donors (Lipinski definition) is 3. The summed E-state index contributed by atoms with van der Waals surface area (Å²) in [5.41, 5.74) is 10.9. The quantitative estimate of drug-likeness (QED) is 0.0977. The lowest BCUT2D eigenvalue weighted by Crippen LogP contribution is -2.29. The van der Waals surface area contributed by atoms with E-state index in [1.54, 1.807) is 25.4 Å². The summed E-state index contributed by atoms with van der Waals surface area (Å²) in [7, 11) is 3.31. The Balaban J connectivity index is 1.83. The molecular formula is C28H39Br2N5O3. The van der Waals surface area contributed by atoms with E-state index in [2.05, 4.69) is 61.2 Å². The summed E-state index contributed by atoms with van der Waals surface area (Å²) in [6, 6.07) is 12.1. The highest BCUT2D eigenvalue weighted by Crippen LogP contribution is 2.26. The fraction of sp³-hybridized carbons (Fsp3) is 0.393. The van der Waals surface area contributed by atoms with Gasteiger partial charge in [-0.3, -0.25) is 4.99 Å². The van der Waals surface area contributed by atoms with Crippen LogP contribution in [0.25, 0.3) is 0 Å². The first kappa shape index (κ1) is 31.7. The highest BCUT2D eigenvalue weighted by atomic mass is 79.9. The molecule has 2 rings (SSSR count). The number of aliphatic imine (C=N–C) groups is 1. The molecule has 2 aromatic rings. The van der Waals surface area contributed by atoms with Gasteiger partial charge in [0.2, 0.25) is 0 Å². The Morgan fingerprint density at radius 3 is 2.16 bits per heavy atom. The smallest absolute Gasteiger partial charge is 0.133 e. The standard InChI is InChI=1S/C28H39Br2N5O3/c1-5-20(2)34-24(16-33-12-10-21-6-8-27(36-3)25(29)14-21)19-38-18-23(31)17-35(32)13-11-22-7-9-28(37-4)26(30)15-22/h6-9,14-17,33H,5,10-13,18-19,31-32H2,1-4H3/b23-17-,24-16-,34-20-. The zero-order valence-corrected chi connectivity index (χ0v) is 25.8. The van der Waals surface area contributed by atoms with Crippen LogP contribution >= 0.6 is 31.9 Å². The van der Waals surface area contributed by atoms with E-state index in [1.807, 2.05) is 37.4 Å². The van der Waals surface area contributed by atoms with Crippen LogP contribution < -0.4 is 26.4 Å². The van der Waals surface area contributed by atoms with Crippen LogP contribution in [0.15, 0.2) is 74.1 Å². The van der Waals surface area contributed by atoms with Gasteiger partial charge in [-0.15, -0.1) is 0 Å². The van der Waals surface area contributed by atoms with Crippen molar-refractivity contribution in [1.82, 2.24) is 10.3 Å². The number of nitrogens with two attached hydrogens (primary N) is 2. The van der Waals surface area contributed by atoms with Crippen LogP contribution in [0.3, 0.4) is 0 Å². The van der Waals surface area contributed by atoms with Crippen molar-refractivity contribution in [3.63, 3.8) is 0 Å². The number of nitrogens with zero attached hydrogens (tertiary/aromatic N) is 2. The molecule has 0 unspecified atom stereocenters. The zero-order chi connectivity index (χ0) is 27.9. The number of benzene rings is 2. The predicted octanol–water partition coefficient (Wildman–Crippen LogP) is 5.31. The van der Waals surface area contributed by atoms with Crippen LogP contribution in [-0.4, -0.2) is 51.2 Å². The van der Waals surface area contributed by atoms with Gasteiger partial charge in [-0.05, 0) is 93.4 Å². The van der Waals surface area contributed by atoms with Crippen molar-refractivity contribution in [2.45, 2.75) is 33.1 Å². The minimum absolute atomic E-state index is 0.250. The molecule has 0 atom stereocenters. The van der Waals surface area contributed by atoms with Crippen molar-refractivity contribution in [3.8, 4) is 11.5 Å². The fourth-order valence-electron chi connectivity index (χ4n) is 3.41. The number of nitrogens with one attached hydrogen (secondary N) is 1. The predicted molar refractivity (Wildman–Crippen MR) is 162 cm³/mol. The second kappa shape index (κ2) is 17.1. The van der Waals surface area contributed by atoms with Gasteiger partial charge in [-0.2, -0.15) is 0 Å². The summed E-state index contributed by atoms with van der Waals surface area (Å²) in [6.07, 6.45) is 6.10. The molecular weight excluding hydrogens is 614 g/mol. The lowest BCUT2D eigenvalue weighted by Gasteiger charge is -2.16. The first-order chi connectivity index (χ1) is 18.2. The Kier molecular flexibility index (Phi) is 14.3. The van der Waals surface area contributed by atoms with Crippen molar-refractivity contribution < 1.29 is 14.2 Å². The monoisotopic (exact) mass is 651 g/mol. The van der Waals surface area contributed by atoms with Gasteiger partial charge in [0.1, 0.15) is 11.5 Å². The van der Waals surface area contributed by atoms with Gasteiger partial charge < -0.3 is 30.3 Å². The number of ether oxygens (including phenoxy) is 3. The maximum atomic E-state index is 6.14. The largest absolute Gasteiger partial charge is 0.496 e. The Morgan fingerprint density at radius 1 is 1.00 bits per heavy atom. The van der Waals surface area contributed by atoms with E-state index in [-0.39, 0.29) is 6.61 Å². The average Bonchev–Trinajstić information content (AvgIpc) is 2.89. The number of rotatable bonds is 16. The lowest BCUT2D eigenvalue weighted by molar-refractivity contribution is 0.176. The molecule has 0 bridgehead atoms. The molecule has 208 valence electrons. The van der Waals surface area contributed by atoms with Crippen LogP contribution in [-0.2, 0) is 17.6 Å². The average molecular weight is 653 g/mol. The van der Waals surface area contributed by atoms with E-state index >= 15 is 0 Å². The topological polar surface area (TPSA) is 107 Å². The minimum Gasteiger partial charge on any atom is -0.496 e. The van der Waals surface area contributed by atoms with Gasteiger partial charge in [0.15, 0.2) is 0 Å². The summed E-state index contributed by atoms with van der Waals surface area (Å²) in [5.74, 6) is 7.74. The van der Waals surface area contributed by atoms with Crippen molar-refractivity contribution >= 4 is 37.6 Å². The lowest BCUT2D eigenvalue weighted by atomic mass is 10.1. The van der Waals surface area contributed by atoms with Gasteiger partial charge >= 0.3 is 0 Å². The number of halogens is 2. The molecule has 0 saturated carbocycles. The third-order valence-corrected chi connectivity index (χ3v) is 6.85. The molecule has 10 heteroatoms. The van der Waals surface area contributed by atoms with Crippen molar-refractivity contribution in [1.29, 1.82) is 0 Å². The van der Waals surface area contributed by atoms with E-state index in [9.17, 15) is 0 Å². The Morgan fingerprint density at radius 2 is 1.61 bits per heavy atom. The summed E-state index contributed by atoms with van der Waals surface area (Å²) >= 11 is 7.04. The van der Waals surface area contributed by atoms with Crippen molar-refractivity contribution in [3.05, 3.63) is 80.3 Å². The molecule has 0 aliphatic carbocycles. The molecule has 0 amide bonds. The van der Waals surface area contributed by atoms with Crippen LogP contribution in [0, 0.1) is 0 Å². The zero-order valence-electron chi connectivity index (χ0n) is 22.6. The highest BCUT2D eigenvalue weighted by molar-refractivity contribution is 9.10. The number of hydrazine groups is 1. The molecule has 38 heavy (non-hydrogen) atoms. The first-order valence-corrected chi connectivity index (χ1v) is 14.0. The van der Waals surface area contributed by atoms with Gasteiger partial charge in [0.05, 0.1) is 47.8 Å². The Bertz CT molecular complexity index is 1120. The molecule has 0 aromatic heterocycles. The fourth-order valence-corrected chi connectivity index (χ4v) is 4.59. The van der Waals surface area contributed by atoms with Gasteiger partial charge in [0.25, 0.3) is 0 Å². The Hall–Kier alpha value is -2.53. The van der Waals surface area contributed by atoms with E-state index in [4.69, 9.17) is 25.8 Å². The minimum atomic E-state index is 0.250. The van der Waals surface area contributed by atoms with E-state index < -0.39 is 0 Å². The van der Waals surface area contributed by atoms with Crippen molar-refractivity contribution in [2.75, 3.05) is 40.5 Å². The van der Waals surface area contributed by atoms with Gasteiger partial charge in [0, 0.05) is 31.2 Å². The SMILES string of the molecule is CC/C(C)=N\C(=C/NCCc1ccc(OC)c(Br)c1)COC/C(N)=C/N(N)CCc1ccc(OC)c(Br)c1.